The Morgan fingerprint density at radius 2 is 1.67 bits per heavy atom. The van der Waals surface area contributed by atoms with Crippen LogP contribution in [0, 0.1) is 0 Å². The monoisotopic (exact) mass is 301 g/mol. The molecule has 114 valence electrons. The highest BCUT2D eigenvalue weighted by atomic mass is 32.1. The molecule has 2 aromatic rings. The normalized spacial score (nSPS) is 14.0. The largest absolute Gasteiger partial charge is 0.316 e. The molecule has 1 N–H and O–H groups in total. The molecule has 1 aromatic heterocycles. The van der Waals surface area contributed by atoms with Crippen LogP contribution in [-0.2, 0) is 18.3 Å². The first-order chi connectivity index (χ1) is 10.2. The second-order valence-electron chi connectivity index (χ2n) is 5.68. The maximum absolute atomic E-state index is 3.58. The van der Waals surface area contributed by atoms with Crippen molar-refractivity contribution >= 4 is 11.3 Å². The Kier molecular flexibility index (Phi) is 6.01. The number of rotatable bonds is 8. The number of likely N-dealkylation sites (N-methyl/N-ethyl adjacent to an activating group) is 1. The highest BCUT2D eigenvalue weighted by molar-refractivity contribution is 7.12. The third-order valence-corrected chi connectivity index (χ3v) is 5.58. The molecule has 1 atom stereocenters. The molecular formula is C19H27NS. The van der Waals surface area contributed by atoms with Crippen molar-refractivity contribution in [1.29, 1.82) is 0 Å². The van der Waals surface area contributed by atoms with Crippen LogP contribution in [0.15, 0.2) is 42.5 Å². The van der Waals surface area contributed by atoms with E-state index in [9.17, 15) is 0 Å². The summed E-state index contributed by atoms with van der Waals surface area (Å²) in [5.41, 5.74) is 1.66. The van der Waals surface area contributed by atoms with Gasteiger partial charge in [-0.15, -0.1) is 11.3 Å². The van der Waals surface area contributed by atoms with Crippen LogP contribution >= 0.6 is 11.3 Å². The summed E-state index contributed by atoms with van der Waals surface area (Å²) < 4.78 is 0. The number of aryl methyl sites for hydroxylation is 1. The third-order valence-electron chi connectivity index (χ3n) is 4.35. The first kappa shape index (κ1) is 16.3. The summed E-state index contributed by atoms with van der Waals surface area (Å²) >= 11 is 1.98. The maximum Gasteiger partial charge on any atom is 0.0123 e. The van der Waals surface area contributed by atoms with Gasteiger partial charge in [0.25, 0.3) is 0 Å². The lowest BCUT2D eigenvalue weighted by atomic mass is 9.75. The van der Waals surface area contributed by atoms with Gasteiger partial charge in [0.2, 0.25) is 0 Å². The van der Waals surface area contributed by atoms with Gasteiger partial charge in [-0.2, -0.15) is 0 Å². The van der Waals surface area contributed by atoms with Crippen LogP contribution in [0.1, 0.15) is 42.5 Å². The minimum atomic E-state index is 0.202. The Morgan fingerprint density at radius 1 is 0.952 bits per heavy atom. The summed E-state index contributed by atoms with van der Waals surface area (Å²) in [6.45, 7) is 8.81. The molecule has 0 radical (unpaired) electrons. The molecule has 0 saturated heterocycles. The van der Waals surface area contributed by atoms with E-state index in [1.54, 1.807) is 0 Å². The number of thiophene rings is 1. The second kappa shape index (κ2) is 7.77. The van der Waals surface area contributed by atoms with Crippen molar-refractivity contribution in [2.75, 3.05) is 13.1 Å². The average molecular weight is 301 g/mol. The van der Waals surface area contributed by atoms with E-state index in [1.165, 1.54) is 15.3 Å². The Morgan fingerprint density at radius 3 is 2.24 bits per heavy atom. The van der Waals surface area contributed by atoms with Crippen molar-refractivity contribution in [2.24, 2.45) is 0 Å². The van der Waals surface area contributed by atoms with Crippen LogP contribution in [-0.4, -0.2) is 13.1 Å². The standard InChI is InChI=1S/C19H27NS/c1-4-17-12-13-18(21-17)14-19(5-2,15-20-6-3)16-10-8-7-9-11-16/h7-13,20H,4-6,14-15H2,1-3H3. The first-order valence-corrected chi connectivity index (χ1v) is 8.89. The van der Waals surface area contributed by atoms with E-state index >= 15 is 0 Å². The molecule has 0 aliphatic carbocycles. The quantitative estimate of drug-likeness (QED) is 0.738. The van der Waals surface area contributed by atoms with Crippen molar-refractivity contribution in [3.8, 4) is 0 Å². The molecule has 21 heavy (non-hydrogen) atoms. The topological polar surface area (TPSA) is 12.0 Å². The lowest BCUT2D eigenvalue weighted by molar-refractivity contribution is 0.384. The number of benzene rings is 1. The average Bonchev–Trinajstić information content (AvgIpc) is 3.00. The zero-order chi connectivity index (χ0) is 15.1. The number of nitrogens with one attached hydrogen (secondary N) is 1. The van der Waals surface area contributed by atoms with E-state index in [4.69, 9.17) is 0 Å². The van der Waals surface area contributed by atoms with Crippen LogP contribution in [0.2, 0.25) is 0 Å². The smallest absolute Gasteiger partial charge is 0.0123 e. The fraction of sp³-hybridized carbons (Fsp3) is 0.474. The SMILES string of the molecule is CCNCC(CC)(Cc1ccc(CC)s1)c1ccccc1. The van der Waals surface area contributed by atoms with Crippen molar-refractivity contribution in [2.45, 2.75) is 45.4 Å². The summed E-state index contributed by atoms with van der Waals surface area (Å²) in [5, 5.41) is 3.58. The highest BCUT2D eigenvalue weighted by Crippen LogP contribution is 2.34. The van der Waals surface area contributed by atoms with Gasteiger partial charge < -0.3 is 5.32 Å². The molecule has 0 aliphatic heterocycles. The van der Waals surface area contributed by atoms with E-state index in [2.05, 4.69) is 68.6 Å². The minimum absolute atomic E-state index is 0.202. The molecule has 2 rings (SSSR count). The van der Waals surface area contributed by atoms with Crippen molar-refractivity contribution < 1.29 is 0 Å². The summed E-state index contributed by atoms with van der Waals surface area (Å²) in [6, 6.07) is 15.6. The lowest BCUT2D eigenvalue weighted by Crippen LogP contribution is -2.39. The van der Waals surface area contributed by atoms with E-state index < -0.39 is 0 Å². The molecule has 1 heterocycles. The van der Waals surface area contributed by atoms with Gasteiger partial charge in [0.1, 0.15) is 0 Å². The number of hydrogen-bond acceptors (Lipinski definition) is 2. The van der Waals surface area contributed by atoms with Gasteiger partial charge in [0.05, 0.1) is 0 Å². The fourth-order valence-corrected chi connectivity index (χ4v) is 4.02. The summed E-state index contributed by atoms with van der Waals surface area (Å²) in [6.07, 6.45) is 3.43. The van der Waals surface area contributed by atoms with E-state index in [1.807, 2.05) is 11.3 Å². The zero-order valence-corrected chi connectivity index (χ0v) is 14.3. The molecule has 0 fully saturated rings. The van der Waals surface area contributed by atoms with Crippen molar-refractivity contribution in [3.05, 3.63) is 57.8 Å². The molecule has 0 spiro atoms. The van der Waals surface area contributed by atoms with Gasteiger partial charge in [0, 0.05) is 21.7 Å². The third kappa shape index (κ3) is 3.96. The second-order valence-corrected chi connectivity index (χ2v) is 6.93. The Balaban J connectivity index is 2.30. The lowest BCUT2D eigenvalue weighted by Gasteiger charge is -2.33. The highest BCUT2D eigenvalue weighted by Gasteiger charge is 2.30. The summed E-state index contributed by atoms with van der Waals surface area (Å²) in [5.74, 6) is 0. The molecule has 1 unspecified atom stereocenters. The van der Waals surface area contributed by atoms with E-state index in [-0.39, 0.29) is 5.41 Å². The van der Waals surface area contributed by atoms with Gasteiger partial charge in [-0.1, -0.05) is 51.1 Å². The van der Waals surface area contributed by atoms with Gasteiger partial charge >= 0.3 is 0 Å². The van der Waals surface area contributed by atoms with E-state index in [0.717, 1.165) is 32.4 Å². The summed E-state index contributed by atoms with van der Waals surface area (Å²) in [4.78, 5) is 3.00. The van der Waals surface area contributed by atoms with E-state index in [0.29, 0.717) is 0 Å². The van der Waals surface area contributed by atoms with Crippen molar-refractivity contribution in [3.63, 3.8) is 0 Å². The van der Waals surface area contributed by atoms with Crippen LogP contribution in [0.3, 0.4) is 0 Å². The predicted octanol–water partition coefficient (Wildman–Crippen LogP) is 4.81. The molecule has 0 amide bonds. The van der Waals surface area contributed by atoms with Gasteiger partial charge in [0.15, 0.2) is 0 Å². The number of hydrogen-bond donors (Lipinski definition) is 1. The van der Waals surface area contributed by atoms with Crippen LogP contribution in [0.5, 0.6) is 0 Å². The molecule has 0 bridgehead atoms. The summed E-state index contributed by atoms with van der Waals surface area (Å²) in [7, 11) is 0. The van der Waals surface area contributed by atoms with Crippen LogP contribution in [0.25, 0.3) is 0 Å². The van der Waals surface area contributed by atoms with Crippen molar-refractivity contribution in [1.82, 2.24) is 5.32 Å². The van der Waals surface area contributed by atoms with Crippen LogP contribution < -0.4 is 5.32 Å². The Hall–Kier alpha value is -1.12. The molecule has 1 aromatic carbocycles. The molecule has 2 heteroatoms. The minimum Gasteiger partial charge on any atom is -0.316 e. The van der Waals surface area contributed by atoms with Crippen LogP contribution in [0.4, 0.5) is 0 Å². The molecule has 1 nitrogen and oxygen atoms in total. The molecular weight excluding hydrogens is 274 g/mol. The van der Waals surface area contributed by atoms with Gasteiger partial charge in [-0.3, -0.25) is 0 Å². The molecule has 0 saturated carbocycles. The first-order valence-electron chi connectivity index (χ1n) is 8.08. The predicted molar refractivity (Wildman–Crippen MR) is 94.4 cm³/mol. The Labute approximate surface area is 133 Å². The Bertz CT molecular complexity index is 532. The maximum atomic E-state index is 3.58. The fourth-order valence-electron chi connectivity index (χ4n) is 2.92. The molecule has 0 aliphatic rings. The zero-order valence-electron chi connectivity index (χ0n) is 13.5. The van der Waals surface area contributed by atoms with Gasteiger partial charge in [-0.25, -0.2) is 0 Å². The van der Waals surface area contributed by atoms with Gasteiger partial charge in [-0.05, 0) is 43.5 Å².